The number of nitrogens with zero attached hydrogens (tertiary/aromatic N) is 2. The molecule has 0 aliphatic heterocycles. The maximum Gasteiger partial charge on any atom is 0.0541 e. The number of para-hydroxylation sites is 4. The van der Waals surface area contributed by atoms with Crippen LogP contribution in [0, 0.1) is 0 Å². The van der Waals surface area contributed by atoms with Crippen molar-refractivity contribution in [1.29, 1.82) is 0 Å². The lowest BCUT2D eigenvalue weighted by Gasteiger charge is -2.16. The minimum absolute atomic E-state index is 1.18. The van der Waals surface area contributed by atoms with Crippen LogP contribution in [0.1, 0.15) is 0 Å². The molecule has 3 heteroatoms. The Kier molecular flexibility index (Phi) is 6.32. The van der Waals surface area contributed by atoms with Crippen LogP contribution in [0.4, 0.5) is 0 Å². The predicted molar refractivity (Wildman–Crippen MR) is 198 cm³/mol. The Hall–Kier alpha value is -5.51. The van der Waals surface area contributed by atoms with Crippen molar-refractivity contribution in [1.82, 2.24) is 9.13 Å². The lowest BCUT2D eigenvalue weighted by atomic mass is 10.0. The summed E-state index contributed by atoms with van der Waals surface area (Å²) in [4.78, 5) is 1.28. The molecule has 0 aliphatic carbocycles. The fourth-order valence-corrected chi connectivity index (χ4v) is 7.80. The first-order valence-electron chi connectivity index (χ1n) is 15.7. The minimum atomic E-state index is 1.18. The van der Waals surface area contributed by atoms with Crippen molar-refractivity contribution in [2.75, 3.05) is 6.26 Å². The number of hydrogen-bond donors (Lipinski definition) is 0. The SMILES string of the molecule is CSc1ccccc1-c1ccccc1-n1c2ccccc2c2cc(-c3ccc4c(c3)c3ccccc3n4-c3ccccc3)ccc21. The highest BCUT2D eigenvalue weighted by Gasteiger charge is 2.18. The Labute approximate surface area is 272 Å². The molecule has 0 atom stereocenters. The number of fused-ring (bicyclic) bond motifs is 6. The highest BCUT2D eigenvalue weighted by atomic mass is 32.2. The molecule has 2 heterocycles. The largest absolute Gasteiger partial charge is 0.309 e. The third-order valence-corrected chi connectivity index (χ3v) is 10.0. The van der Waals surface area contributed by atoms with Gasteiger partial charge in [-0.2, -0.15) is 0 Å². The van der Waals surface area contributed by atoms with Gasteiger partial charge in [-0.1, -0.05) is 103 Å². The van der Waals surface area contributed by atoms with Gasteiger partial charge in [-0.25, -0.2) is 0 Å². The molecule has 0 bridgehead atoms. The third-order valence-electron chi connectivity index (χ3n) is 9.23. The zero-order valence-corrected chi connectivity index (χ0v) is 26.2. The van der Waals surface area contributed by atoms with Crippen molar-refractivity contribution < 1.29 is 0 Å². The lowest BCUT2D eigenvalue weighted by molar-refractivity contribution is 1.18. The van der Waals surface area contributed by atoms with Crippen LogP contribution in [0.3, 0.4) is 0 Å². The molecule has 0 amide bonds. The van der Waals surface area contributed by atoms with Crippen LogP contribution in [-0.2, 0) is 0 Å². The number of benzene rings is 7. The molecule has 218 valence electrons. The van der Waals surface area contributed by atoms with E-state index >= 15 is 0 Å². The van der Waals surface area contributed by atoms with Gasteiger partial charge in [0, 0.05) is 37.7 Å². The van der Waals surface area contributed by atoms with E-state index in [0.717, 1.165) is 0 Å². The van der Waals surface area contributed by atoms with E-state index < -0.39 is 0 Å². The summed E-state index contributed by atoms with van der Waals surface area (Å²) in [6.07, 6.45) is 2.15. The van der Waals surface area contributed by atoms with Gasteiger partial charge in [-0.3, -0.25) is 0 Å². The quantitative estimate of drug-likeness (QED) is 0.177. The summed E-state index contributed by atoms with van der Waals surface area (Å²) in [5.74, 6) is 0. The van der Waals surface area contributed by atoms with Crippen molar-refractivity contribution in [2.24, 2.45) is 0 Å². The van der Waals surface area contributed by atoms with Crippen LogP contribution < -0.4 is 0 Å². The van der Waals surface area contributed by atoms with Gasteiger partial charge in [0.25, 0.3) is 0 Å². The second-order valence-corrected chi connectivity index (χ2v) is 12.6. The third kappa shape index (κ3) is 4.13. The molecule has 2 nitrogen and oxygen atoms in total. The summed E-state index contributed by atoms with van der Waals surface area (Å²) in [6.45, 7) is 0. The van der Waals surface area contributed by atoms with Crippen molar-refractivity contribution >= 4 is 55.4 Å². The maximum atomic E-state index is 2.44. The van der Waals surface area contributed by atoms with Gasteiger partial charge in [0.2, 0.25) is 0 Å². The molecule has 9 rings (SSSR count). The maximum absolute atomic E-state index is 2.44. The zero-order chi connectivity index (χ0) is 30.6. The van der Waals surface area contributed by atoms with Crippen LogP contribution in [0.15, 0.2) is 169 Å². The Balaban J connectivity index is 1.25. The first-order valence-corrected chi connectivity index (χ1v) is 16.9. The molecule has 0 unspecified atom stereocenters. The highest BCUT2D eigenvalue weighted by Crippen LogP contribution is 2.41. The fourth-order valence-electron chi connectivity index (χ4n) is 7.18. The number of hydrogen-bond acceptors (Lipinski definition) is 1. The molecule has 0 saturated heterocycles. The average molecular weight is 607 g/mol. The number of rotatable bonds is 5. The molecule has 0 aliphatic rings. The minimum Gasteiger partial charge on any atom is -0.309 e. The highest BCUT2D eigenvalue weighted by molar-refractivity contribution is 7.98. The summed E-state index contributed by atoms with van der Waals surface area (Å²) in [6, 6.07) is 59.6. The first kappa shape index (κ1) is 26.9. The Morgan fingerprint density at radius 1 is 0.391 bits per heavy atom. The van der Waals surface area contributed by atoms with Crippen LogP contribution in [0.25, 0.3) is 77.2 Å². The van der Waals surface area contributed by atoms with Crippen LogP contribution in [0.2, 0.25) is 0 Å². The van der Waals surface area contributed by atoms with E-state index in [1.54, 1.807) is 11.8 Å². The van der Waals surface area contributed by atoms with E-state index in [0.29, 0.717) is 0 Å². The van der Waals surface area contributed by atoms with Crippen LogP contribution in [0.5, 0.6) is 0 Å². The van der Waals surface area contributed by atoms with Gasteiger partial charge in [0.05, 0.1) is 27.8 Å². The van der Waals surface area contributed by atoms with E-state index in [2.05, 4.69) is 179 Å². The van der Waals surface area contributed by atoms with Crippen molar-refractivity contribution in [2.45, 2.75) is 4.90 Å². The van der Waals surface area contributed by atoms with E-state index in [1.165, 1.54) is 82.1 Å². The van der Waals surface area contributed by atoms with Crippen molar-refractivity contribution in [3.63, 3.8) is 0 Å². The van der Waals surface area contributed by atoms with E-state index in [1.807, 2.05) is 0 Å². The van der Waals surface area contributed by atoms with Gasteiger partial charge in [0.15, 0.2) is 0 Å². The van der Waals surface area contributed by atoms with Gasteiger partial charge in [0.1, 0.15) is 0 Å². The van der Waals surface area contributed by atoms with E-state index in [-0.39, 0.29) is 0 Å². The van der Waals surface area contributed by atoms with Crippen molar-refractivity contribution in [3.05, 3.63) is 164 Å². The molecule has 0 fully saturated rings. The summed E-state index contributed by atoms with van der Waals surface area (Å²) in [5, 5.41) is 5.05. The Morgan fingerprint density at radius 2 is 0.891 bits per heavy atom. The fraction of sp³-hybridized carbons (Fsp3) is 0.0233. The zero-order valence-electron chi connectivity index (χ0n) is 25.4. The molecule has 0 N–H and O–H groups in total. The summed E-state index contributed by atoms with van der Waals surface area (Å²) < 4.78 is 4.81. The molecule has 0 saturated carbocycles. The molecular formula is C43H30N2S. The smallest absolute Gasteiger partial charge is 0.0541 e. The summed E-state index contributed by atoms with van der Waals surface area (Å²) >= 11 is 1.79. The molecule has 9 aromatic rings. The average Bonchev–Trinajstić information content (AvgIpc) is 3.64. The first-order chi connectivity index (χ1) is 22.8. The topological polar surface area (TPSA) is 9.86 Å². The predicted octanol–water partition coefficient (Wildman–Crippen LogP) is 11.9. The molecule has 7 aromatic carbocycles. The van der Waals surface area contributed by atoms with Gasteiger partial charge < -0.3 is 9.13 Å². The second-order valence-electron chi connectivity index (χ2n) is 11.7. The molecular weight excluding hydrogens is 577 g/mol. The number of aromatic nitrogens is 2. The van der Waals surface area contributed by atoms with Crippen LogP contribution >= 0.6 is 11.8 Å². The molecule has 0 radical (unpaired) electrons. The van der Waals surface area contributed by atoms with Gasteiger partial charge in [-0.05, 0) is 83.6 Å². The van der Waals surface area contributed by atoms with Gasteiger partial charge in [-0.15, -0.1) is 11.8 Å². The van der Waals surface area contributed by atoms with Crippen molar-refractivity contribution in [3.8, 4) is 33.6 Å². The second kappa shape index (κ2) is 10.8. The summed E-state index contributed by atoms with van der Waals surface area (Å²) in [5.41, 5.74) is 12.2. The molecule has 0 spiro atoms. The standard InChI is InChI=1S/C43H30N2S/c1-46-43-22-12-8-18-35(43)32-15-5-10-20-39(32)45-40-21-11-7-17-34(40)37-28-30(24-26-42(37)45)29-23-25-41-36(27-29)33-16-6-9-19-38(33)44(41)31-13-3-2-4-14-31/h2-28H,1H3. The van der Waals surface area contributed by atoms with Gasteiger partial charge >= 0.3 is 0 Å². The van der Waals surface area contributed by atoms with E-state index in [9.17, 15) is 0 Å². The van der Waals surface area contributed by atoms with Crippen LogP contribution in [-0.4, -0.2) is 15.4 Å². The number of thioether (sulfide) groups is 1. The normalized spacial score (nSPS) is 11.7. The Bertz CT molecular complexity index is 2570. The monoisotopic (exact) mass is 606 g/mol. The Morgan fingerprint density at radius 3 is 1.57 bits per heavy atom. The lowest BCUT2D eigenvalue weighted by Crippen LogP contribution is -1.97. The molecule has 2 aromatic heterocycles. The van der Waals surface area contributed by atoms with E-state index in [4.69, 9.17) is 0 Å². The summed E-state index contributed by atoms with van der Waals surface area (Å²) in [7, 11) is 0. The molecule has 46 heavy (non-hydrogen) atoms.